The van der Waals surface area contributed by atoms with Crippen LogP contribution in [0.15, 0.2) is 18.6 Å². The van der Waals surface area contributed by atoms with Crippen molar-refractivity contribution >= 4 is 17.3 Å². The summed E-state index contributed by atoms with van der Waals surface area (Å²) in [4.78, 5) is 13.6. The van der Waals surface area contributed by atoms with Gasteiger partial charge in [-0.15, -0.1) is 5.10 Å². The molecule has 0 aliphatic carbocycles. The van der Waals surface area contributed by atoms with E-state index in [0.29, 0.717) is 17.3 Å². The second-order valence-electron chi connectivity index (χ2n) is 6.98. The largest absolute Gasteiger partial charge is 0.485 e. The van der Waals surface area contributed by atoms with Crippen molar-refractivity contribution < 1.29 is 4.74 Å². The average molecular weight is 368 g/mol. The van der Waals surface area contributed by atoms with Gasteiger partial charge in [0.25, 0.3) is 0 Å². The minimum absolute atomic E-state index is 0.0114. The highest BCUT2D eigenvalue weighted by Crippen LogP contribution is 2.31. The zero-order chi connectivity index (χ0) is 19.0. The maximum Gasteiger partial charge on any atom is 0.247 e. The minimum atomic E-state index is 0.0114. The maximum absolute atomic E-state index is 6.10. The third-order valence-corrected chi connectivity index (χ3v) is 4.64. The summed E-state index contributed by atoms with van der Waals surface area (Å²) in [6, 6.07) is 1.92. The molecular formula is C18H24N8O. The SMILES string of the molecule is Cc1nccc(Nc2nc3c(OC(C)C)c(C4CNNC4)ncn3n2)c1C. The molecule has 0 atom stereocenters. The third-order valence-electron chi connectivity index (χ3n) is 4.64. The fraction of sp³-hybridized carbons (Fsp3) is 0.444. The van der Waals surface area contributed by atoms with Crippen LogP contribution in [0.2, 0.25) is 0 Å². The van der Waals surface area contributed by atoms with Crippen molar-refractivity contribution in [3.05, 3.63) is 35.5 Å². The molecular weight excluding hydrogens is 344 g/mol. The van der Waals surface area contributed by atoms with Gasteiger partial charge in [0.2, 0.25) is 11.6 Å². The highest BCUT2D eigenvalue weighted by molar-refractivity contribution is 5.63. The van der Waals surface area contributed by atoms with E-state index in [0.717, 1.165) is 35.7 Å². The molecule has 4 rings (SSSR count). The number of hydrogen-bond donors (Lipinski definition) is 3. The Hall–Kier alpha value is -2.78. The van der Waals surface area contributed by atoms with Gasteiger partial charge >= 0.3 is 0 Å². The van der Waals surface area contributed by atoms with Gasteiger partial charge in [0.15, 0.2) is 5.75 Å². The molecule has 1 aliphatic heterocycles. The summed E-state index contributed by atoms with van der Waals surface area (Å²) in [6.07, 6.45) is 3.48. The lowest BCUT2D eigenvalue weighted by molar-refractivity contribution is 0.239. The fourth-order valence-electron chi connectivity index (χ4n) is 3.09. The lowest BCUT2D eigenvalue weighted by Crippen LogP contribution is -2.21. The number of aryl methyl sites for hydroxylation is 1. The minimum Gasteiger partial charge on any atom is -0.485 e. The molecule has 0 unspecified atom stereocenters. The smallest absolute Gasteiger partial charge is 0.247 e. The molecule has 0 spiro atoms. The zero-order valence-corrected chi connectivity index (χ0v) is 15.9. The van der Waals surface area contributed by atoms with E-state index < -0.39 is 0 Å². The van der Waals surface area contributed by atoms with Crippen molar-refractivity contribution in [2.24, 2.45) is 0 Å². The number of ether oxygens (including phenoxy) is 1. The van der Waals surface area contributed by atoms with Crippen LogP contribution in [0.5, 0.6) is 5.75 Å². The molecule has 3 aromatic rings. The average Bonchev–Trinajstić information content (AvgIpc) is 3.28. The second-order valence-corrected chi connectivity index (χ2v) is 6.98. The molecule has 27 heavy (non-hydrogen) atoms. The molecule has 0 saturated carbocycles. The van der Waals surface area contributed by atoms with E-state index in [4.69, 9.17) is 4.74 Å². The van der Waals surface area contributed by atoms with E-state index in [1.54, 1.807) is 17.0 Å². The van der Waals surface area contributed by atoms with Crippen LogP contribution in [0.1, 0.15) is 36.7 Å². The first-order valence-electron chi connectivity index (χ1n) is 9.10. The molecule has 1 aliphatic rings. The predicted molar refractivity (Wildman–Crippen MR) is 102 cm³/mol. The highest BCUT2D eigenvalue weighted by Gasteiger charge is 2.26. The molecule has 0 bridgehead atoms. The van der Waals surface area contributed by atoms with Gasteiger partial charge < -0.3 is 10.1 Å². The topological polar surface area (TPSA) is 101 Å². The lowest BCUT2D eigenvalue weighted by atomic mass is 10.1. The van der Waals surface area contributed by atoms with E-state index in [-0.39, 0.29) is 12.0 Å². The van der Waals surface area contributed by atoms with Crippen LogP contribution in [-0.4, -0.2) is 43.8 Å². The Balaban J connectivity index is 1.75. The summed E-state index contributed by atoms with van der Waals surface area (Å²) in [5.41, 5.74) is 10.8. The maximum atomic E-state index is 6.10. The molecule has 1 saturated heterocycles. The van der Waals surface area contributed by atoms with Gasteiger partial charge in [-0.25, -0.2) is 4.98 Å². The van der Waals surface area contributed by atoms with Crippen molar-refractivity contribution in [2.45, 2.75) is 39.7 Å². The molecule has 1 fully saturated rings. The molecule has 9 heteroatoms. The van der Waals surface area contributed by atoms with Crippen molar-refractivity contribution in [1.82, 2.24) is 35.4 Å². The Morgan fingerprint density at radius 3 is 2.74 bits per heavy atom. The van der Waals surface area contributed by atoms with E-state index in [9.17, 15) is 0 Å². The Bertz CT molecular complexity index is 961. The van der Waals surface area contributed by atoms with Crippen molar-refractivity contribution in [3.8, 4) is 5.75 Å². The summed E-state index contributed by atoms with van der Waals surface area (Å²) in [7, 11) is 0. The van der Waals surface area contributed by atoms with Gasteiger partial charge in [0.05, 0.1) is 11.8 Å². The molecule has 4 heterocycles. The van der Waals surface area contributed by atoms with Crippen LogP contribution >= 0.6 is 0 Å². The number of fused-ring (bicyclic) bond motifs is 1. The Kier molecular flexibility index (Phi) is 4.63. The van der Waals surface area contributed by atoms with Crippen LogP contribution < -0.4 is 20.9 Å². The number of hydrazine groups is 1. The zero-order valence-electron chi connectivity index (χ0n) is 15.9. The number of nitrogens with one attached hydrogen (secondary N) is 3. The van der Waals surface area contributed by atoms with Crippen molar-refractivity contribution in [3.63, 3.8) is 0 Å². The number of hydrogen-bond acceptors (Lipinski definition) is 8. The normalized spacial score (nSPS) is 15.0. The Labute approximate surface area is 157 Å². The van der Waals surface area contributed by atoms with Gasteiger partial charge in [-0.1, -0.05) is 0 Å². The number of rotatable bonds is 5. The molecule has 3 aromatic heterocycles. The Morgan fingerprint density at radius 2 is 2.00 bits per heavy atom. The Morgan fingerprint density at radius 1 is 1.22 bits per heavy atom. The second kappa shape index (κ2) is 7.09. The van der Waals surface area contributed by atoms with Gasteiger partial charge in [-0.05, 0) is 39.3 Å². The molecule has 0 amide bonds. The van der Waals surface area contributed by atoms with Crippen molar-refractivity contribution in [1.29, 1.82) is 0 Å². The molecule has 3 N–H and O–H groups in total. The van der Waals surface area contributed by atoms with Crippen LogP contribution in [-0.2, 0) is 0 Å². The summed E-state index contributed by atoms with van der Waals surface area (Å²) in [6.45, 7) is 9.59. The first kappa shape index (κ1) is 17.6. The van der Waals surface area contributed by atoms with Gasteiger partial charge in [-0.2, -0.15) is 9.50 Å². The first-order valence-corrected chi connectivity index (χ1v) is 9.10. The van der Waals surface area contributed by atoms with E-state index >= 15 is 0 Å². The highest BCUT2D eigenvalue weighted by atomic mass is 16.5. The van der Waals surface area contributed by atoms with Crippen LogP contribution in [0.4, 0.5) is 11.6 Å². The van der Waals surface area contributed by atoms with Gasteiger partial charge in [-0.3, -0.25) is 15.8 Å². The predicted octanol–water partition coefficient (Wildman–Crippen LogP) is 1.86. The monoisotopic (exact) mass is 368 g/mol. The number of anilines is 2. The van der Waals surface area contributed by atoms with Gasteiger partial charge in [0, 0.05) is 36.6 Å². The summed E-state index contributed by atoms with van der Waals surface area (Å²) in [5, 5.41) is 7.80. The summed E-state index contributed by atoms with van der Waals surface area (Å²) >= 11 is 0. The molecule has 9 nitrogen and oxygen atoms in total. The third kappa shape index (κ3) is 3.43. The first-order chi connectivity index (χ1) is 13.0. The fourth-order valence-corrected chi connectivity index (χ4v) is 3.09. The lowest BCUT2D eigenvalue weighted by Gasteiger charge is -2.16. The summed E-state index contributed by atoms with van der Waals surface area (Å²) < 4.78 is 7.75. The number of aromatic nitrogens is 5. The van der Waals surface area contributed by atoms with Crippen LogP contribution in [0.25, 0.3) is 5.65 Å². The quantitative estimate of drug-likeness (QED) is 0.627. The standard InChI is InChI=1S/C18H24N8O/c1-10(2)27-16-15(13-7-21-22-8-13)20-9-26-17(16)24-18(25-26)23-14-5-6-19-12(4)11(14)3/h5-6,9-10,13,21-22H,7-8H2,1-4H3,(H,19,23,25). The number of nitrogens with zero attached hydrogens (tertiary/aromatic N) is 5. The van der Waals surface area contributed by atoms with Gasteiger partial charge in [0.1, 0.15) is 6.33 Å². The molecule has 0 radical (unpaired) electrons. The van der Waals surface area contributed by atoms with Crippen LogP contribution in [0.3, 0.4) is 0 Å². The molecule has 142 valence electrons. The van der Waals surface area contributed by atoms with E-state index in [1.165, 1.54) is 0 Å². The molecule has 0 aromatic carbocycles. The van der Waals surface area contributed by atoms with Crippen LogP contribution in [0, 0.1) is 13.8 Å². The van der Waals surface area contributed by atoms with E-state index in [2.05, 4.69) is 36.2 Å². The van der Waals surface area contributed by atoms with Crippen molar-refractivity contribution in [2.75, 3.05) is 18.4 Å². The number of pyridine rings is 1. The van der Waals surface area contributed by atoms with E-state index in [1.807, 2.05) is 33.8 Å². The summed E-state index contributed by atoms with van der Waals surface area (Å²) in [5.74, 6) is 1.41.